The molecule has 134 valence electrons. The highest BCUT2D eigenvalue weighted by atomic mass is 35.5. The van der Waals surface area contributed by atoms with Crippen LogP contribution in [0.25, 0.3) is 5.69 Å². The molecule has 0 unspecified atom stereocenters. The molecule has 0 N–H and O–H groups in total. The van der Waals surface area contributed by atoms with Crippen LogP contribution in [0.5, 0.6) is 0 Å². The van der Waals surface area contributed by atoms with E-state index in [1.165, 1.54) is 23.0 Å². The van der Waals surface area contributed by atoms with Gasteiger partial charge >= 0.3 is 6.18 Å². The minimum absolute atomic E-state index is 0.221. The Kier molecular flexibility index (Phi) is 6.42. The van der Waals surface area contributed by atoms with Gasteiger partial charge in [-0.3, -0.25) is 0 Å². The molecule has 0 saturated carbocycles. The summed E-state index contributed by atoms with van der Waals surface area (Å²) >= 11 is 6.21. The maximum Gasteiger partial charge on any atom is 0.416 e. The largest absolute Gasteiger partial charge is 0.416 e. The van der Waals surface area contributed by atoms with Crippen molar-refractivity contribution in [3.63, 3.8) is 0 Å². The summed E-state index contributed by atoms with van der Waals surface area (Å²) in [6.45, 7) is 4.00. The number of pyridine rings is 1. The third-order valence-electron chi connectivity index (χ3n) is 3.14. The van der Waals surface area contributed by atoms with Crippen LogP contribution in [0, 0.1) is 11.8 Å². The summed E-state index contributed by atoms with van der Waals surface area (Å²) in [4.78, 5) is 4.07. The fraction of sp³-hybridized carbons (Fsp3) is 0.158. The van der Waals surface area contributed by atoms with Crippen LogP contribution in [0.2, 0.25) is 5.15 Å². The first-order valence-corrected chi connectivity index (χ1v) is 8.17. The molecule has 0 saturated heterocycles. The van der Waals surface area contributed by atoms with Crippen molar-refractivity contribution in [3.8, 4) is 17.5 Å². The molecule has 0 atom stereocenters. The van der Waals surface area contributed by atoms with Crippen LogP contribution in [0.3, 0.4) is 0 Å². The lowest BCUT2D eigenvalue weighted by Gasteiger charge is -2.08. The molecule has 0 aliphatic heterocycles. The quantitative estimate of drug-likeness (QED) is 0.534. The molecule has 3 aromatic rings. The van der Waals surface area contributed by atoms with Gasteiger partial charge in [0.25, 0.3) is 0 Å². The van der Waals surface area contributed by atoms with Gasteiger partial charge < -0.3 is 0 Å². The predicted octanol–water partition coefficient (Wildman–Crippen LogP) is 5.37. The number of benzene rings is 1. The Morgan fingerprint density at radius 3 is 2.27 bits per heavy atom. The zero-order chi connectivity index (χ0) is 19.2. The van der Waals surface area contributed by atoms with Gasteiger partial charge in [0.1, 0.15) is 10.8 Å². The van der Waals surface area contributed by atoms with Crippen molar-refractivity contribution in [2.45, 2.75) is 20.0 Å². The van der Waals surface area contributed by atoms with Crippen LogP contribution in [-0.4, -0.2) is 14.8 Å². The van der Waals surface area contributed by atoms with Gasteiger partial charge in [0.15, 0.2) is 0 Å². The molecule has 2 heterocycles. The standard InChI is InChI=1S/C17H9ClF3N3.C2H6/c18-16-12(4-7-14-3-1-2-10-22-14)11-23-24(16)15-8-5-13(6-9-15)17(19,20)21;1-2/h1-3,5-6,8-11H;1-2H3. The second-order valence-corrected chi connectivity index (χ2v) is 5.13. The molecule has 26 heavy (non-hydrogen) atoms. The molecule has 0 fully saturated rings. The first kappa shape index (κ1) is 19.5. The molecule has 0 radical (unpaired) electrons. The molecule has 0 amide bonds. The van der Waals surface area contributed by atoms with Gasteiger partial charge in [-0.05, 0) is 42.3 Å². The molecular formula is C19H15ClF3N3. The lowest BCUT2D eigenvalue weighted by atomic mass is 10.2. The monoisotopic (exact) mass is 377 g/mol. The SMILES string of the molecule is CC.FC(F)(F)c1ccc(-n2ncc(C#Cc3ccccn3)c2Cl)cc1. The van der Waals surface area contributed by atoms with E-state index in [-0.39, 0.29) is 5.15 Å². The average Bonchev–Trinajstić information content (AvgIpc) is 3.02. The molecule has 3 nitrogen and oxygen atoms in total. The van der Waals surface area contributed by atoms with E-state index in [1.807, 2.05) is 19.9 Å². The number of rotatable bonds is 1. The highest BCUT2D eigenvalue weighted by molar-refractivity contribution is 6.31. The Bertz CT molecular complexity index is 905. The Balaban J connectivity index is 0.00000117. The molecular weight excluding hydrogens is 363 g/mol. The summed E-state index contributed by atoms with van der Waals surface area (Å²) in [6.07, 6.45) is -1.31. The Morgan fingerprint density at radius 2 is 1.69 bits per heavy atom. The van der Waals surface area contributed by atoms with Gasteiger partial charge in [-0.2, -0.15) is 18.3 Å². The number of hydrogen-bond donors (Lipinski definition) is 0. The summed E-state index contributed by atoms with van der Waals surface area (Å²) in [6, 6.07) is 9.90. The van der Waals surface area contributed by atoms with Gasteiger partial charge in [-0.25, -0.2) is 9.67 Å². The second kappa shape index (κ2) is 8.54. The lowest BCUT2D eigenvalue weighted by Crippen LogP contribution is -2.05. The maximum absolute atomic E-state index is 12.6. The molecule has 3 rings (SSSR count). The number of hydrogen-bond acceptors (Lipinski definition) is 2. The van der Waals surface area contributed by atoms with Crippen molar-refractivity contribution in [2.75, 3.05) is 0 Å². The smallest absolute Gasteiger partial charge is 0.248 e. The molecule has 0 aliphatic carbocycles. The van der Waals surface area contributed by atoms with Crippen molar-refractivity contribution >= 4 is 11.6 Å². The maximum atomic E-state index is 12.6. The average molecular weight is 378 g/mol. The third kappa shape index (κ3) is 4.64. The Labute approximate surface area is 154 Å². The molecule has 1 aromatic carbocycles. The van der Waals surface area contributed by atoms with Gasteiger partial charge in [0.05, 0.1) is 23.0 Å². The zero-order valence-corrected chi connectivity index (χ0v) is 14.8. The van der Waals surface area contributed by atoms with Crippen molar-refractivity contribution in [1.82, 2.24) is 14.8 Å². The molecule has 7 heteroatoms. The second-order valence-electron chi connectivity index (χ2n) is 4.77. The molecule has 0 spiro atoms. The van der Waals surface area contributed by atoms with E-state index < -0.39 is 11.7 Å². The highest BCUT2D eigenvalue weighted by Gasteiger charge is 2.30. The normalized spacial score (nSPS) is 10.4. The van der Waals surface area contributed by atoms with Gasteiger partial charge in [0, 0.05) is 6.20 Å². The summed E-state index contributed by atoms with van der Waals surface area (Å²) in [5.74, 6) is 5.70. The molecule has 0 bridgehead atoms. The fourth-order valence-corrected chi connectivity index (χ4v) is 2.19. The molecule has 2 aromatic heterocycles. The Hall–Kier alpha value is -2.78. The van der Waals surface area contributed by atoms with Gasteiger partial charge in [-0.15, -0.1) is 0 Å². The summed E-state index contributed by atoms with van der Waals surface area (Å²) in [5.41, 5.74) is 0.724. The first-order valence-electron chi connectivity index (χ1n) is 7.79. The topological polar surface area (TPSA) is 30.7 Å². The summed E-state index contributed by atoms with van der Waals surface area (Å²) in [7, 11) is 0. The number of aromatic nitrogens is 3. The van der Waals surface area contributed by atoms with Crippen LogP contribution >= 0.6 is 11.6 Å². The highest BCUT2D eigenvalue weighted by Crippen LogP contribution is 2.30. The van der Waals surface area contributed by atoms with E-state index >= 15 is 0 Å². The van der Waals surface area contributed by atoms with Gasteiger partial charge in [-0.1, -0.05) is 37.4 Å². The summed E-state index contributed by atoms with van der Waals surface area (Å²) in [5, 5.41) is 4.29. The third-order valence-corrected chi connectivity index (χ3v) is 3.50. The summed E-state index contributed by atoms with van der Waals surface area (Å²) < 4.78 is 39.1. The van der Waals surface area contributed by atoms with Crippen molar-refractivity contribution < 1.29 is 13.2 Å². The number of halogens is 4. The number of alkyl halides is 3. The van der Waals surface area contributed by atoms with Crippen molar-refractivity contribution in [1.29, 1.82) is 0 Å². The van der Waals surface area contributed by atoms with Gasteiger partial charge in [0.2, 0.25) is 0 Å². The van der Waals surface area contributed by atoms with Crippen LogP contribution in [0.1, 0.15) is 30.7 Å². The minimum Gasteiger partial charge on any atom is -0.248 e. The van der Waals surface area contributed by atoms with Crippen LogP contribution < -0.4 is 0 Å². The van der Waals surface area contributed by atoms with E-state index in [4.69, 9.17) is 11.6 Å². The molecule has 0 aliphatic rings. The van der Waals surface area contributed by atoms with E-state index in [2.05, 4.69) is 21.9 Å². The van der Waals surface area contributed by atoms with E-state index in [0.717, 1.165) is 12.1 Å². The van der Waals surface area contributed by atoms with E-state index in [0.29, 0.717) is 16.9 Å². The van der Waals surface area contributed by atoms with Crippen LogP contribution in [-0.2, 0) is 6.18 Å². The predicted molar refractivity (Wildman–Crippen MR) is 95.1 cm³/mol. The van der Waals surface area contributed by atoms with E-state index in [1.54, 1.807) is 18.3 Å². The van der Waals surface area contributed by atoms with E-state index in [9.17, 15) is 13.2 Å². The van der Waals surface area contributed by atoms with Crippen LogP contribution in [0.4, 0.5) is 13.2 Å². The van der Waals surface area contributed by atoms with Crippen molar-refractivity contribution in [3.05, 3.63) is 76.8 Å². The zero-order valence-electron chi connectivity index (χ0n) is 14.0. The first-order chi connectivity index (χ1) is 12.4. The lowest BCUT2D eigenvalue weighted by molar-refractivity contribution is -0.137. The number of nitrogens with zero attached hydrogens (tertiary/aromatic N) is 3. The van der Waals surface area contributed by atoms with Crippen molar-refractivity contribution in [2.24, 2.45) is 0 Å². The fourth-order valence-electron chi connectivity index (χ4n) is 1.96. The van der Waals surface area contributed by atoms with Crippen LogP contribution in [0.15, 0.2) is 54.9 Å². The Morgan fingerprint density at radius 1 is 1.00 bits per heavy atom. The minimum atomic E-state index is -4.38.